The lowest BCUT2D eigenvalue weighted by Crippen LogP contribution is -2.12. The smallest absolute Gasteiger partial charge is 0.328 e. The molecule has 0 aromatic heterocycles. The highest BCUT2D eigenvalue weighted by molar-refractivity contribution is 5.89. The predicted octanol–water partition coefficient (Wildman–Crippen LogP) is 2.71. The summed E-state index contributed by atoms with van der Waals surface area (Å²) in [6.45, 7) is 1.69. The Bertz CT molecular complexity index is 675. The summed E-state index contributed by atoms with van der Waals surface area (Å²) in [5, 5.41) is 19.0. The van der Waals surface area contributed by atoms with Gasteiger partial charge in [0.2, 0.25) is 0 Å². The maximum Gasteiger partial charge on any atom is 0.328 e. The molecular weight excluding hydrogens is 350 g/mol. The number of hydrogen-bond donors (Lipinski definition) is 3. The fourth-order valence-electron chi connectivity index (χ4n) is 1.98. The minimum Gasteiger partial charge on any atom is -0.497 e. The molecule has 0 amide bonds. The first kappa shape index (κ1) is 21.7. The van der Waals surface area contributed by atoms with E-state index in [1.54, 1.807) is 14.2 Å². The molecule has 7 nitrogen and oxygen atoms in total. The molecule has 144 valence electrons. The molecule has 0 aliphatic heterocycles. The van der Waals surface area contributed by atoms with E-state index in [1.165, 1.54) is 11.1 Å². The van der Waals surface area contributed by atoms with Gasteiger partial charge in [-0.15, -0.1) is 0 Å². The standard InChI is InChI=1S/C16H19NO2.C4H4O4/c1-18-15-7-3-13(4-8-15)11-17-12-14-5-9-16(19-2)10-6-14;5-3(6)1-2-4(7)8/h3-10,17H,11-12H2,1-2H3;1-2H,(H,5,6)(H,7,8)/b;2-1-. The Labute approximate surface area is 157 Å². The van der Waals surface area contributed by atoms with Crippen LogP contribution >= 0.6 is 0 Å². The molecule has 3 N–H and O–H groups in total. The van der Waals surface area contributed by atoms with Crippen LogP contribution in [0.5, 0.6) is 11.5 Å². The van der Waals surface area contributed by atoms with Crippen molar-refractivity contribution >= 4 is 11.9 Å². The van der Waals surface area contributed by atoms with E-state index in [9.17, 15) is 9.59 Å². The van der Waals surface area contributed by atoms with Crippen LogP contribution in [0.15, 0.2) is 60.7 Å². The monoisotopic (exact) mass is 373 g/mol. The van der Waals surface area contributed by atoms with Gasteiger partial charge in [-0.2, -0.15) is 0 Å². The molecule has 0 unspecified atom stereocenters. The third-order valence-corrected chi connectivity index (χ3v) is 3.34. The molecule has 2 aromatic rings. The van der Waals surface area contributed by atoms with Gasteiger partial charge in [0.15, 0.2) is 0 Å². The lowest BCUT2D eigenvalue weighted by molar-refractivity contribution is -0.134. The first-order valence-corrected chi connectivity index (χ1v) is 8.05. The number of carboxylic acid groups (broad SMARTS) is 2. The van der Waals surface area contributed by atoms with Crippen LogP contribution in [0.3, 0.4) is 0 Å². The molecule has 2 aromatic carbocycles. The second kappa shape index (κ2) is 12.1. The Balaban J connectivity index is 0.000000387. The van der Waals surface area contributed by atoms with Crippen LogP contribution in [0.1, 0.15) is 11.1 Å². The molecule has 27 heavy (non-hydrogen) atoms. The molecule has 0 aliphatic rings. The van der Waals surface area contributed by atoms with E-state index in [2.05, 4.69) is 29.6 Å². The van der Waals surface area contributed by atoms with Crippen molar-refractivity contribution in [3.05, 3.63) is 71.8 Å². The van der Waals surface area contributed by atoms with Crippen LogP contribution in [-0.4, -0.2) is 36.4 Å². The molecule has 0 saturated carbocycles. The second-order valence-corrected chi connectivity index (χ2v) is 5.31. The Hall–Kier alpha value is -3.32. The number of carboxylic acids is 2. The van der Waals surface area contributed by atoms with Gasteiger partial charge in [0.25, 0.3) is 0 Å². The first-order valence-electron chi connectivity index (χ1n) is 8.05. The van der Waals surface area contributed by atoms with Crippen molar-refractivity contribution < 1.29 is 29.3 Å². The molecule has 0 saturated heterocycles. The molecule has 0 radical (unpaired) electrons. The molecule has 0 fully saturated rings. The number of ether oxygens (including phenoxy) is 2. The third-order valence-electron chi connectivity index (χ3n) is 3.34. The van der Waals surface area contributed by atoms with Crippen LogP contribution in [0.2, 0.25) is 0 Å². The average molecular weight is 373 g/mol. The molecular formula is C20H23NO6. The topological polar surface area (TPSA) is 105 Å². The third kappa shape index (κ3) is 9.66. The van der Waals surface area contributed by atoms with Gasteiger partial charge in [0.05, 0.1) is 14.2 Å². The van der Waals surface area contributed by atoms with Crippen molar-refractivity contribution in [2.45, 2.75) is 13.1 Å². The molecule has 7 heteroatoms. The average Bonchev–Trinajstić information content (AvgIpc) is 2.68. The summed E-state index contributed by atoms with van der Waals surface area (Å²) >= 11 is 0. The van der Waals surface area contributed by atoms with E-state index in [4.69, 9.17) is 19.7 Å². The summed E-state index contributed by atoms with van der Waals surface area (Å²) in [5.41, 5.74) is 2.49. The van der Waals surface area contributed by atoms with E-state index < -0.39 is 11.9 Å². The van der Waals surface area contributed by atoms with Gasteiger partial charge >= 0.3 is 11.9 Å². The summed E-state index contributed by atoms with van der Waals surface area (Å²) in [6.07, 6.45) is 1.12. The molecule has 0 bridgehead atoms. The number of methoxy groups -OCH3 is 2. The Morgan fingerprint density at radius 2 is 1.11 bits per heavy atom. The Morgan fingerprint density at radius 1 is 0.778 bits per heavy atom. The molecule has 0 spiro atoms. The normalized spacial score (nSPS) is 10.0. The maximum absolute atomic E-state index is 9.55. The lowest BCUT2D eigenvalue weighted by atomic mass is 10.2. The van der Waals surface area contributed by atoms with E-state index in [0.29, 0.717) is 12.2 Å². The predicted molar refractivity (Wildman–Crippen MR) is 101 cm³/mol. The van der Waals surface area contributed by atoms with Crippen LogP contribution < -0.4 is 14.8 Å². The Morgan fingerprint density at radius 3 is 1.37 bits per heavy atom. The molecule has 2 rings (SSSR count). The number of benzene rings is 2. The number of carbonyl (C=O) groups is 2. The Kier molecular flexibility index (Phi) is 9.74. The summed E-state index contributed by atoms with van der Waals surface area (Å²) in [4.78, 5) is 19.1. The van der Waals surface area contributed by atoms with Crippen molar-refractivity contribution in [2.24, 2.45) is 0 Å². The van der Waals surface area contributed by atoms with E-state index in [1.807, 2.05) is 24.3 Å². The summed E-state index contributed by atoms with van der Waals surface area (Å²) < 4.78 is 10.3. The highest BCUT2D eigenvalue weighted by Crippen LogP contribution is 2.12. The molecule has 0 aliphatic carbocycles. The van der Waals surface area contributed by atoms with Crippen molar-refractivity contribution in [3.8, 4) is 11.5 Å². The molecule has 0 atom stereocenters. The zero-order valence-corrected chi connectivity index (χ0v) is 15.2. The first-order chi connectivity index (χ1) is 12.9. The fourth-order valence-corrected chi connectivity index (χ4v) is 1.98. The van der Waals surface area contributed by atoms with Crippen LogP contribution in [0.25, 0.3) is 0 Å². The number of nitrogens with one attached hydrogen (secondary N) is 1. The maximum atomic E-state index is 9.55. The van der Waals surface area contributed by atoms with Gasteiger partial charge in [-0.25, -0.2) is 9.59 Å². The lowest BCUT2D eigenvalue weighted by Gasteiger charge is -2.07. The van der Waals surface area contributed by atoms with Gasteiger partial charge in [-0.3, -0.25) is 0 Å². The van der Waals surface area contributed by atoms with Crippen molar-refractivity contribution in [1.29, 1.82) is 0 Å². The quantitative estimate of drug-likeness (QED) is 0.611. The van der Waals surface area contributed by atoms with Crippen LogP contribution in [0, 0.1) is 0 Å². The fraction of sp³-hybridized carbons (Fsp3) is 0.200. The van der Waals surface area contributed by atoms with Gasteiger partial charge < -0.3 is 25.0 Å². The zero-order valence-electron chi connectivity index (χ0n) is 15.2. The summed E-state index contributed by atoms with van der Waals surface area (Å²) in [5.74, 6) is -0.738. The van der Waals surface area contributed by atoms with Crippen molar-refractivity contribution in [2.75, 3.05) is 14.2 Å². The van der Waals surface area contributed by atoms with Crippen molar-refractivity contribution in [3.63, 3.8) is 0 Å². The van der Waals surface area contributed by atoms with Gasteiger partial charge in [0.1, 0.15) is 11.5 Å². The summed E-state index contributed by atoms with van der Waals surface area (Å²) in [7, 11) is 3.36. The minimum atomic E-state index is -1.26. The van der Waals surface area contributed by atoms with Gasteiger partial charge in [-0.1, -0.05) is 24.3 Å². The SMILES string of the molecule is COc1ccc(CNCc2ccc(OC)cc2)cc1.O=C(O)/C=C\C(=O)O. The number of rotatable bonds is 8. The minimum absolute atomic E-state index is 0.558. The van der Waals surface area contributed by atoms with Gasteiger partial charge in [0, 0.05) is 25.2 Å². The van der Waals surface area contributed by atoms with E-state index >= 15 is 0 Å². The van der Waals surface area contributed by atoms with Crippen LogP contribution in [-0.2, 0) is 22.7 Å². The van der Waals surface area contributed by atoms with E-state index in [0.717, 1.165) is 24.6 Å². The second-order valence-electron chi connectivity index (χ2n) is 5.31. The van der Waals surface area contributed by atoms with E-state index in [-0.39, 0.29) is 0 Å². The zero-order chi connectivity index (χ0) is 20.1. The van der Waals surface area contributed by atoms with Crippen molar-refractivity contribution in [1.82, 2.24) is 5.32 Å². The number of hydrogen-bond acceptors (Lipinski definition) is 5. The van der Waals surface area contributed by atoms with Crippen LogP contribution in [0.4, 0.5) is 0 Å². The largest absolute Gasteiger partial charge is 0.497 e. The number of aliphatic carboxylic acids is 2. The summed E-state index contributed by atoms with van der Waals surface area (Å²) in [6, 6.07) is 16.2. The van der Waals surface area contributed by atoms with Gasteiger partial charge in [-0.05, 0) is 35.4 Å². The molecule has 0 heterocycles. The highest BCUT2D eigenvalue weighted by atomic mass is 16.5. The highest BCUT2D eigenvalue weighted by Gasteiger charge is 1.96.